The van der Waals surface area contributed by atoms with Crippen molar-refractivity contribution in [2.75, 3.05) is 0 Å². The fourth-order valence-corrected chi connectivity index (χ4v) is 7.06. The molecule has 0 saturated heterocycles. The summed E-state index contributed by atoms with van der Waals surface area (Å²) in [6.45, 7) is 0. The molecule has 0 aliphatic carbocycles. The van der Waals surface area contributed by atoms with Gasteiger partial charge in [0, 0.05) is 32.6 Å². The van der Waals surface area contributed by atoms with Crippen LogP contribution in [0.5, 0.6) is 0 Å². The van der Waals surface area contributed by atoms with Crippen LogP contribution in [0.3, 0.4) is 0 Å². The molecule has 10 aromatic rings. The molecular weight excluding hydrogens is 512 g/mol. The highest BCUT2D eigenvalue weighted by Crippen LogP contribution is 2.46. The van der Waals surface area contributed by atoms with E-state index >= 15 is 0 Å². The van der Waals surface area contributed by atoms with Crippen molar-refractivity contribution in [1.82, 2.24) is 18.9 Å². The van der Waals surface area contributed by atoms with Crippen molar-refractivity contribution in [2.45, 2.75) is 0 Å². The average molecular weight is 535 g/mol. The van der Waals surface area contributed by atoms with Crippen molar-refractivity contribution in [2.24, 2.45) is 0 Å². The van der Waals surface area contributed by atoms with E-state index in [1.54, 1.807) is 0 Å². The van der Waals surface area contributed by atoms with E-state index in [4.69, 9.17) is 9.97 Å². The molecule has 10 rings (SSSR count). The first-order chi connectivity index (χ1) is 20.8. The molecule has 0 spiro atoms. The highest BCUT2D eigenvalue weighted by Gasteiger charge is 2.25. The van der Waals surface area contributed by atoms with Crippen LogP contribution in [0, 0.1) is 0 Å². The number of hydrogen-bond acceptors (Lipinski definition) is 2. The predicted octanol–water partition coefficient (Wildman–Crippen LogP) is 9.54. The van der Waals surface area contributed by atoms with Crippen LogP contribution in [-0.2, 0) is 0 Å². The maximum Gasteiger partial charge on any atom is 0.165 e. The maximum atomic E-state index is 5.20. The SMILES string of the molecule is c1ccc(-c2ccc3c(c2)c2c4c5ccccc5n5c6nc7ccccc7nc6c(cc2n3-c2ccccc2)c45)cc1. The number of para-hydroxylation sites is 4. The van der Waals surface area contributed by atoms with Crippen molar-refractivity contribution in [3.05, 3.63) is 133 Å². The summed E-state index contributed by atoms with van der Waals surface area (Å²) in [6, 6.07) is 47.5. The minimum atomic E-state index is 0.906. The van der Waals surface area contributed by atoms with Gasteiger partial charge in [0.15, 0.2) is 5.65 Å². The Labute approximate surface area is 240 Å². The normalized spacial score (nSPS) is 12.3. The van der Waals surface area contributed by atoms with Crippen molar-refractivity contribution < 1.29 is 0 Å². The van der Waals surface area contributed by atoms with Crippen molar-refractivity contribution in [1.29, 1.82) is 0 Å². The third-order valence-corrected chi connectivity index (χ3v) is 8.81. The third kappa shape index (κ3) is 2.76. The molecular formula is C38H22N4. The number of aromatic nitrogens is 4. The largest absolute Gasteiger partial charge is 0.309 e. The Balaban J connectivity index is 1.49. The van der Waals surface area contributed by atoms with E-state index in [0.29, 0.717) is 0 Å². The molecule has 0 atom stereocenters. The fourth-order valence-electron chi connectivity index (χ4n) is 7.06. The smallest absolute Gasteiger partial charge is 0.165 e. The van der Waals surface area contributed by atoms with Crippen LogP contribution in [0.1, 0.15) is 0 Å². The molecule has 0 bridgehead atoms. The van der Waals surface area contributed by atoms with E-state index in [1.165, 1.54) is 49.2 Å². The van der Waals surface area contributed by atoms with E-state index in [2.05, 4.69) is 124 Å². The second-order valence-corrected chi connectivity index (χ2v) is 11.0. The molecule has 0 aliphatic rings. The molecule has 4 heterocycles. The van der Waals surface area contributed by atoms with Gasteiger partial charge < -0.3 is 4.57 Å². The summed E-state index contributed by atoms with van der Waals surface area (Å²) < 4.78 is 4.74. The molecule has 42 heavy (non-hydrogen) atoms. The summed E-state index contributed by atoms with van der Waals surface area (Å²) in [4.78, 5) is 10.4. The minimum absolute atomic E-state index is 0.906. The zero-order valence-corrected chi connectivity index (χ0v) is 22.5. The lowest BCUT2D eigenvalue weighted by Gasteiger charge is -2.08. The van der Waals surface area contributed by atoms with Crippen molar-refractivity contribution in [3.63, 3.8) is 0 Å². The maximum absolute atomic E-state index is 5.20. The molecule has 4 aromatic heterocycles. The van der Waals surface area contributed by atoms with Gasteiger partial charge in [-0.2, -0.15) is 0 Å². The zero-order valence-electron chi connectivity index (χ0n) is 22.5. The lowest BCUT2D eigenvalue weighted by atomic mass is 10.00. The number of rotatable bonds is 2. The Morgan fingerprint density at radius 1 is 0.452 bits per heavy atom. The van der Waals surface area contributed by atoms with Crippen LogP contribution >= 0.6 is 0 Å². The number of nitrogens with zero attached hydrogens (tertiary/aromatic N) is 4. The van der Waals surface area contributed by atoms with Crippen molar-refractivity contribution >= 4 is 71.2 Å². The van der Waals surface area contributed by atoms with Gasteiger partial charge in [0.2, 0.25) is 0 Å². The molecule has 0 fully saturated rings. The van der Waals surface area contributed by atoms with Gasteiger partial charge in [0.05, 0.1) is 33.1 Å². The van der Waals surface area contributed by atoms with Gasteiger partial charge in [-0.15, -0.1) is 0 Å². The molecule has 4 nitrogen and oxygen atoms in total. The first-order valence-electron chi connectivity index (χ1n) is 14.3. The summed E-state index contributed by atoms with van der Waals surface area (Å²) >= 11 is 0. The van der Waals surface area contributed by atoms with E-state index in [9.17, 15) is 0 Å². The Morgan fingerprint density at radius 2 is 1.17 bits per heavy atom. The first kappa shape index (κ1) is 22.0. The standard InChI is InChI=1S/C38H22N4/c1-3-11-23(12-4-1)24-19-20-32-27(21-24)34-33(41(32)25-13-5-2-6-14-25)22-28-36-38(40-30-17-9-8-16-29(30)39-36)42-31-18-10-7-15-26(31)35(34)37(28)42/h1-22H. The summed E-state index contributed by atoms with van der Waals surface area (Å²) in [5.74, 6) is 0. The summed E-state index contributed by atoms with van der Waals surface area (Å²) in [5.41, 5.74) is 11.9. The minimum Gasteiger partial charge on any atom is -0.309 e. The van der Waals surface area contributed by atoms with Gasteiger partial charge in [-0.1, -0.05) is 84.9 Å². The van der Waals surface area contributed by atoms with E-state index < -0.39 is 0 Å². The molecule has 0 amide bonds. The highest BCUT2D eigenvalue weighted by molar-refractivity contribution is 6.35. The van der Waals surface area contributed by atoms with Crippen LogP contribution in [0.25, 0.3) is 88.0 Å². The molecule has 0 N–H and O–H groups in total. The van der Waals surface area contributed by atoms with Gasteiger partial charge in [-0.3, -0.25) is 4.40 Å². The quantitative estimate of drug-likeness (QED) is 0.221. The monoisotopic (exact) mass is 534 g/mol. The van der Waals surface area contributed by atoms with Crippen LogP contribution in [0.4, 0.5) is 0 Å². The highest BCUT2D eigenvalue weighted by atomic mass is 15.0. The van der Waals surface area contributed by atoms with Crippen molar-refractivity contribution in [3.8, 4) is 16.8 Å². The average Bonchev–Trinajstić information content (AvgIpc) is 3.68. The Morgan fingerprint density at radius 3 is 2.00 bits per heavy atom. The van der Waals surface area contributed by atoms with Gasteiger partial charge in [-0.05, 0) is 59.7 Å². The lowest BCUT2D eigenvalue weighted by Crippen LogP contribution is -1.93. The van der Waals surface area contributed by atoms with Gasteiger partial charge in [0.25, 0.3) is 0 Å². The summed E-state index contributed by atoms with van der Waals surface area (Å²) in [7, 11) is 0. The van der Waals surface area contributed by atoms with Gasteiger partial charge in [0.1, 0.15) is 5.52 Å². The Kier molecular flexibility index (Phi) is 4.15. The van der Waals surface area contributed by atoms with E-state index in [-0.39, 0.29) is 0 Å². The second kappa shape index (κ2) is 7.93. The van der Waals surface area contributed by atoms with E-state index in [0.717, 1.165) is 38.8 Å². The molecule has 4 heteroatoms. The second-order valence-electron chi connectivity index (χ2n) is 11.0. The van der Waals surface area contributed by atoms with Crippen LogP contribution < -0.4 is 0 Å². The fraction of sp³-hybridized carbons (Fsp3) is 0. The predicted molar refractivity (Wildman–Crippen MR) is 174 cm³/mol. The van der Waals surface area contributed by atoms with E-state index in [1.807, 2.05) is 18.2 Å². The molecule has 6 aromatic carbocycles. The Hall–Kier alpha value is -5.74. The molecule has 0 unspecified atom stereocenters. The molecule has 194 valence electrons. The zero-order chi connectivity index (χ0) is 27.4. The van der Waals surface area contributed by atoms with Crippen LogP contribution in [0.15, 0.2) is 133 Å². The van der Waals surface area contributed by atoms with Crippen LogP contribution in [0.2, 0.25) is 0 Å². The van der Waals surface area contributed by atoms with Gasteiger partial charge >= 0.3 is 0 Å². The van der Waals surface area contributed by atoms with Crippen LogP contribution in [-0.4, -0.2) is 18.9 Å². The Bertz CT molecular complexity index is 2660. The first-order valence-corrected chi connectivity index (χ1v) is 14.3. The molecule has 0 aliphatic heterocycles. The van der Waals surface area contributed by atoms with Gasteiger partial charge in [-0.25, -0.2) is 9.97 Å². The third-order valence-electron chi connectivity index (χ3n) is 8.81. The number of fused-ring (bicyclic) bond motifs is 11. The topological polar surface area (TPSA) is 35.1 Å². The molecule has 0 radical (unpaired) electrons. The lowest BCUT2D eigenvalue weighted by molar-refractivity contribution is 1.18. The summed E-state index contributed by atoms with van der Waals surface area (Å²) in [6.07, 6.45) is 0. The number of benzene rings is 6. The molecule has 0 saturated carbocycles. The number of hydrogen-bond donors (Lipinski definition) is 0. The summed E-state index contributed by atoms with van der Waals surface area (Å²) in [5, 5.41) is 6.12.